The van der Waals surface area contributed by atoms with E-state index in [0.29, 0.717) is 35.1 Å². The van der Waals surface area contributed by atoms with E-state index >= 15 is 0 Å². The predicted molar refractivity (Wildman–Crippen MR) is 105 cm³/mol. The van der Waals surface area contributed by atoms with Gasteiger partial charge in [0.05, 0.1) is 34.0 Å². The molecule has 6 nitrogen and oxygen atoms in total. The molecule has 1 atom stereocenters. The van der Waals surface area contributed by atoms with Gasteiger partial charge in [-0.25, -0.2) is 0 Å². The van der Waals surface area contributed by atoms with Crippen molar-refractivity contribution in [2.75, 3.05) is 40.7 Å². The van der Waals surface area contributed by atoms with E-state index in [0.717, 1.165) is 11.3 Å². The van der Waals surface area contributed by atoms with Crippen molar-refractivity contribution in [2.45, 2.75) is 5.37 Å². The summed E-state index contributed by atoms with van der Waals surface area (Å²) in [5.41, 5.74) is 1.46. The molecule has 1 heterocycles. The molecule has 7 heteroatoms. The highest BCUT2D eigenvalue weighted by Crippen LogP contribution is 2.44. The minimum atomic E-state index is -0.134. The van der Waals surface area contributed by atoms with Gasteiger partial charge in [0.1, 0.15) is 28.4 Å². The maximum atomic E-state index is 13.3. The summed E-state index contributed by atoms with van der Waals surface area (Å²) in [6, 6.07) is 10.9. The lowest BCUT2D eigenvalue weighted by molar-refractivity contribution is 0.0756. The second kappa shape index (κ2) is 8.43. The Morgan fingerprint density at radius 3 is 2.19 bits per heavy atom. The van der Waals surface area contributed by atoms with Gasteiger partial charge in [-0.15, -0.1) is 11.8 Å². The van der Waals surface area contributed by atoms with E-state index in [9.17, 15) is 4.79 Å². The van der Waals surface area contributed by atoms with Crippen molar-refractivity contribution in [3.8, 4) is 23.0 Å². The molecular weight excluding hydrogens is 366 g/mol. The van der Waals surface area contributed by atoms with Gasteiger partial charge in [0.25, 0.3) is 5.91 Å². The number of carbonyl (C=O) groups is 1. The fourth-order valence-corrected chi connectivity index (χ4v) is 4.37. The summed E-state index contributed by atoms with van der Waals surface area (Å²) >= 11 is 1.71. The Morgan fingerprint density at radius 2 is 1.56 bits per heavy atom. The van der Waals surface area contributed by atoms with E-state index in [-0.39, 0.29) is 11.3 Å². The molecule has 0 N–H and O–H groups in total. The van der Waals surface area contributed by atoms with Gasteiger partial charge in [0.2, 0.25) is 0 Å². The highest BCUT2D eigenvalue weighted by atomic mass is 32.2. The Balaban J connectivity index is 1.94. The molecule has 2 aromatic rings. The van der Waals surface area contributed by atoms with Crippen molar-refractivity contribution in [1.29, 1.82) is 0 Å². The average Bonchev–Trinajstić information content (AvgIpc) is 3.21. The zero-order valence-corrected chi connectivity index (χ0v) is 16.7. The van der Waals surface area contributed by atoms with Gasteiger partial charge >= 0.3 is 0 Å². The lowest BCUT2D eigenvalue weighted by atomic mass is 10.1. The standard InChI is InChI=1S/C20H23NO5S/c1-23-13-5-7-15(17(11-13)25-3)19(22)21-9-10-27-20(21)16-8-6-14(24-2)12-18(16)26-4/h5-8,11-12,20H,9-10H2,1-4H3/t20-/m0/s1. The summed E-state index contributed by atoms with van der Waals surface area (Å²) in [6.07, 6.45) is 0. The third kappa shape index (κ3) is 3.78. The zero-order chi connectivity index (χ0) is 19.4. The van der Waals surface area contributed by atoms with Gasteiger partial charge in [0, 0.05) is 30.0 Å². The van der Waals surface area contributed by atoms with Crippen molar-refractivity contribution < 1.29 is 23.7 Å². The van der Waals surface area contributed by atoms with Crippen molar-refractivity contribution in [2.24, 2.45) is 0 Å². The SMILES string of the molecule is COc1ccc(C(=O)N2CCS[C@H]2c2ccc(OC)cc2OC)c(OC)c1. The molecule has 0 aliphatic carbocycles. The molecule has 0 aromatic heterocycles. The van der Waals surface area contributed by atoms with Crippen LogP contribution in [0.2, 0.25) is 0 Å². The Bertz CT molecular complexity index is 826. The molecular formula is C20H23NO5S. The highest BCUT2D eigenvalue weighted by Gasteiger charge is 2.34. The number of amides is 1. The van der Waals surface area contributed by atoms with Crippen LogP contribution in [0.1, 0.15) is 21.3 Å². The first-order chi connectivity index (χ1) is 13.1. The summed E-state index contributed by atoms with van der Waals surface area (Å²) in [5.74, 6) is 3.33. The number of hydrogen-bond acceptors (Lipinski definition) is 6. The number of hydrogen-bond donors (Lipinski definition) is 0. The Kier molecular flexibility index (Phi) is 6.01. The van der Waals surface area contributed by atoms with Gasteiger partial charge < -0.3 is 23.8 Å². The number of thioether (sulfide) groups is 1. The number of benzene rings is 2. The molecule has 144 valence electrons. The minimum Gasteiger partial charge on any atom is -0.497 e. The quantitative estimate of drug-likeness (QED) is 0.752. The lowest BCUT2D eigenvalue weighted by Gasteiger charge is -2.26. The summed E-state index contributed by atoms with van der Waals surface area (Å²) in [7, 11) is 6.37. The fourth-order valence-electron chi connectivity index (χ4n) is 3.09. The van der Waals surface area contributed by atoms with Crippen molar-refractivity contribution in [3.05, 3.63) is 47.5 Å². The van der Waals surface area contributed by atoms with Crippen LogP contribution in [0.4, 0.5) is 0 Å². The van der Waals surface area contributed by atoms with E-state index in [1.807, 2.05) is 23.1 Å². The molecule has 2 aromatic carbocycles. The number of nitrogens with zero attached hydrogens (tertiary/aromatic N) is 1. The van der Waals surface area contributed by atoms with Crippen LogP contribution in [0, 0.1) is 0 Å². The van der Waals surface area contributed by atoms with E-state index in [1.165, 1.54) is 0 Å². The first-order valence-corrected chi connectivity index (χ1v) is 9.54. The highest BCUT2D eigenvalue weighted by molar-refractivity contribution is 7.99. The molecule has 3 rings (SSSR count). The molecule has 0 unspecified atom stereocenters. The molecule has 1 aliphatic heterocycles. The number of carbonyl (C=O) groups excluding carboxylic acids is 1. The normalized spacial score (nSPS) is 16.1. The summed E-state index contributed by atoms with van der Waals surface area (Å²) in [6.45, 7) is 0.651. The third-order valence-electron chi connectivity index (χ3n) is 4.50. The Morgan fingerprint density at radius 1 is 0.926 bits per heavy atom. The second-order valence-electron chi connectivity index (χ2n) is 5.90. The number of methoxy groups -OCH3 is 4. The van der Waals surface area contributed by atoms with Gasteiger partial charge in [-0.3, -0.25) is 4.79 Å². The molecule has 0 saturated carbocycles. The summed E-state index contributed by atoms with van der Waals surface area (Å²) < 4.78 is 21.4. The van der Waals surface area contributed by atoms with Crippen LogP contribution in [0.3, 0.4) is 0 Å². The molecule has 1 saturated heterocycles. The van der Waals surface area contributed by atoms with E-state index < -0.39 is 0 Å². The smallest absolute Gasteiger partial charge is 0.258 e. The van der Waals surface area contributed by atoms with Crippen LogP contribution in [-0.2, 0) is 0 Å². The molecule has 1 aliphatic rings. The monoisotopic (exact) mass is 389 g/mol. The maximum absolute atomic E-state index is 13.3. The number of rotatable bonds is 6. The molecule has 0 spiro atoms. The van der Waals surface area contributed by atoms with Crippen molar-refractivity contribution >= 4 is 17.7 Å². The van der Waals surface area contributed by atoms with Crippen LogP contribution in [-0.4, -0.2) is 51.5 Å². The van der Waals surface area contributed by atoms with Gasteiger partial charge in [-0.2, -0.15) is 0 Å². The first-order valence-electron chi connectivity index (χ1n) is 8.49. The average molecular weight is 389 g/mol. The van der Waals surface area contributed by atoms with Gasteiger partial charge in [-0.05, 0) is 24.3 Å². The lowest BCUT2D eigenvalue weighted by Crippen LogP contribution is -2.31. The molecule has 1 amide bonds. The van der Waals surface area contributed by atoms with Crippen molar-refractivity contribution in [3.63, 3.8) is 0 Å². The maximum Gasteiger partial charge on any atom is 0.258 e. The number of ether oxygens (including phenoxy) is 4. The molecule has 0 radical (unpaired) electrons. The fraction of sp³-hybridized carbons (Fsp3) is 0.350. The van der Waals surface area contributed by atoms with Crippen LogP contribution in [0.5, 0.6) is 23.0 Å². The van der Waals surface area contributed by atoms with Crippen molar-refractivity contribution in [1.82, 2.24) is 4.90 Å². The van der Waals surface area contributed by atoms with Crippen LogP contribution >= 0.6 is 11.8 Å². The zero-order valence-electron chi connectivity index (χ0n) is 15.9. The first kappa shape index (κ1) is 19.2. The van der Waals surface area contributed by atoms with Crippen LogP contribution < -0.4 is 18.9 Å². The van der Waals surface area contributed by atoms with Crippen LogP contribution in [0.15, 0.2) is 36.4 Å². The topological polar surface area (TPSA) is 57.2 Å². The molecule has 27 heavy (non-hydrogen) atoms. The Hall–Kier alpha value is -2.54. The third-order valence-corrected chi connectivity index (χ3v) is 5.74. The van der Waals surface area contributed by atoms with Crippen LogP contribution in [0.25, 0.3) is 0 Å². The summed E-state index contributed by atoms with van der Waals surface area (Å²) in [4.78, 5) is 15.1. The largest absolute Gasteiger partial charge is 0.497 e. The predicted octanol–water partition coefficient (Wildman–Crippen LogP) is 3.61. The van der Waals surface area contributed by atoms with E-state index in [2.05, 4.69) is 0 Å². The minimum absolute atomic E-state index is 0.0811. The van der Waals surface area contributed by atoms with E-state index in [1.54, 1.807) is 58.4 Å². The van der Waals surface area contributed by atoms with Gasteiger partial charge in [-0.1, -0.05) is 0 Å². The Labute approximate surface area is 163 Å². The second-order valence-corrected chi connectivity index (χ2v) is 7.08. The molecule has 1 fully saturated rings. The van der Waals surface area contributed by atoms with E-state index in [4.69, 9.17) is 18.9 Å². The molecule has 0 bridgehead atoms. The summed E-state index contributed by atoms with van der Waals surface area (Å²) in [5, 5.41) is -0.134. The van der Waals surface area contributed by atoms with Gasteiger partial charge in [0.15, 0.2) is 0 Å².